The van der Waals surface area contributed by atoms with Crippen LogP contribution in [-0.2, 0) is 0 Å². The molecule has 0 radical (unpaired) electrons. The number of benzene rings is 1. The Labute approximate surface area is 107 Å². The van der Waals surface area contributed by atoms with Crippen molar-refractivity contribution < 1.29 is 23.5 Å². The van der Waals surface area contributed by atoms with Crippen LogP contribution in [0.3, 0.4) is 0 Å². The number of aliphatic hydroxyl groups is 1. The molecule has 0 fully saturated rings. The maximum absolute atomic E-state index is 12.4. The molecule has 0 spiro atoms. The van der Waals surface area contributed by atoms with Crippen molar-refractivity contribution in [3.8, 4) is 0 Å². The molecule has 1 aromatic carbocycles. The molecule has 104 valence electrons. The number of alkyl halides is 3. The van der Waals surface area contributed by atoms with E-state index < -0.39 is 18.8 Å². The highest BCUT2D eigenvalue weighted by atomic mass is 19.4. The number of hydrogen-bond acceptors (Lipinski definition) is 4. The lowest BCUT2D eigenvalue weighted by molar-refractivity contribution is -0.200. The highest BCUT2D eigenvalue weighted by Crippen LogP contribution is 2.29. The molecule has 0 saturated heterocycles. The number of hydrogen-bond donors (Lipinski definition) is 2. The minimum atomic E-state index is -4.64. The van der Waals surface area contributed by atoms with Gasteiger partial charge in [-0.1, -0.05) is 23.4 Å². The Morgan fingerprint density at radius 2 is 2.00 bits per heavy atom. The van der Waals surface area contributed by atoms with Gasteiger partial charge in [0.1, 0.15) is 0 Å². The molecule has 0 bridgehead atoms. The van der Waals surface area contributed by atoms with Crippen LogP contribution in [-0.4, -0.2) is 41.4 Å². The lowest BCUT2D eigenvalue weighted by Crippen LogP contribution is -2.43. The van der Waals surface area contributed by atoms with E-state index in [9.17, 15) is 13.2 Å². The first-order valence-corrected chi connectivity index (χ1v) is 5.73. The van der Waals surface area contributed by atoms with E-state index in [-0.39, 0.29) is 6.54 Å². The van der Waals surface area contributed by atoms with Gasteiger partial charge in [-0.25, -0.2) is 0 Å². The van der Waals surface area contributed by atoms with Crippen LogP contribution in [0.5, 0.6) is 0 Å². The molecule has 19 heavy (non-hydrogen) atoms. The van der Waals surface area contributed by atoms with E-state index in [2.05, 4.69) is 5.16 Å². The van der Waals surface area contributed by atoms with Crippen molar-refractivity contribution in [1.29, 1.82) is 0 Å². The number of halogens is 3. The highest BCUT2D eigenvalue weighted by molar-refractivity contribution is 6.06. The van der Waals surface area contributed by atoms with Crippen molar-refractivity contribution in [3.05, 3.63) is 29.8 Å². The summed E-state index contributed by atoms with van der Waals surface area (Å²) in [5.74, 6) is 0. The van der Waals surface area contributed by atoms with Crippen molar-refractivity contribution in [3.63, 3.8) is 0 Å². The molecule has 7 heteroatoms. The summed E-state index contributed by atoms with van der Waals surface area (Å²) in [6.07, 6.45) is -6.70. The van der Waals surface area contributed by atoms with Gasteiger partial charge in [-0.05, 0) is 6.07 Å². The summed E-state index contributed by atoms with van der Waals surface area (Å²) in [4.78, 5) is 1.45. The first-order valence-electron chi connectivity index (χ1n) is 5.73. The molecule has 1 heterocycles. The van der Waals surface area contributed by atoms with Gasteiger partial charge in [-0.2, -0.15) is 13.2 Å². The van der Waals surface area contributed by atoms with E-state index in [4.69, 9.17) is 10.3 Å². The third-order valence-corrected chi connectivity index (χ3v) is 3.07. The molecule has 0 aliphatic carbocycles. The first-order chi connectivity index (χ1) is 8.93. The van der Waals surface area contributed by atoms with Gasteiger partial charge in [0, 0.05) is 24.2 Å². The standard InChI is InChI=1S/C12H13F3N2O2/c13-12(14,15)11(18)7-17-6-5-9(16-19)8-3-1-2-4-10(8)17/h1-4,11,18-19H,5-7H2. The molecule has 0 aromatic heterocycles. The van der Waals surface area contributed by atoms with Crippen LogP contribution in [0, 0.1) is 0 Å². The Morgan fingerprint density at radius 3 is 2.63 bits per heavy atom. The molecule has 2 rings (SSSR count). The molecule has 1 unspecified atom stereocenters. The summed E-state index contributed by atoms with van der Waals surface area (Å²) in [7, 11) is 0. The largest absolute Gasteiger partial charge is 0.416 e. The monoisotopic (exact) mass is 274 g/mol. The molecular weight excluding hydrogens is 261 g/mol. The summed E-state index contributed by atoms with van der Waals surface area (Å²) in [6.45, 7) is -0.261. The van der Waals surface area contributed by atoms with E-state index in [0.717, 1.165) is 0 Å². The van der Waals surface area contributed by atoms with Crippen LogP contribution in [0.15, 0.2) is 29.4 Å². The molecular formula is C12H13F3N2O2. The molecule has 4 nitrogen and oxygen atoms in total. The zero-order chi connectivity index (χ0) is 14.0. The maximum atomic E-state index is 12.4. The fourth-order valence-electron chi connectivity index (χ4n) is 2.10. The van der Waals surface area contributed by atoms with Crippen LogP contribution in [0.2, 0.25) is 0 Å². The minimum absolute atomic E-state index is 0.267. The fraction of sp³-hybridized carbons (Fsp3) is 0.417. The van der Waals surface area contributed by atoms with Gasteiger partial charge in [0.2, 0.25) is 0 Å². The van der Waals surface area contributed by atoms with Gasteiger partial charge in [0.25, 0.3) is 0 Å². The van der Waals surface area contributed by atoms with Crippen molar-refractivity contribution in [2.75, 3.05) is 18.0 Å². The number of rotatable bonds is 2. The van der Waals surface area contributed by atoms with Crippen molar-refractivity contribution >= 4 is 11.4 Å². The Morgan fingerprint density at radius 1 is 1.32 bits per heavy atom. The molecule has 1 aliphatic rings. The van der Waals surface area contributed by atoms with E-state index in [0.29, 0.717) is 23.4 Å². The summed E-state index contributed by atoms with van der Waals surface area (Å²) >= 11 is 0. The molecule has 2 N–H and O–H groups in total. The van der Waals surface area contributed by atoms with Crippen LogP contribution < -0.4 is 4.90 Å². The van der Waals surface area contributed by atoms with Crippen LogP contribution >= 0.6 is 0 Å². The molecule has 1 aliphatic heterocycles. The van der Waals surface area contributed by atoms with Crippen molar-refractivity contribution in [2.24, 2.45) is 5.16 Å². The zero-order valence-electron chi connectivity index (χ0n) is 9.93. The quantitative estimate of drug-likeness (QED) is 0.640. The summed E-state index contributed by atoms with van der Waals surface area (Å²) < 4.78 is 37.1. The SMILES string of the molecule is ON=C1CCN(CC(O)C(F)(F)F)c2ccccc21. The molecule has 0 saturated carbocycles. The number of fused-ring (bicyclic) bond motifs is 1. The number of anilines is 1. The Kier molecular flexibility index (Phi) is 3.66. The Hall–Kier alpha value is -1.76. The van der Waals surface area contributed by atoms with Crippen molar-refractivity contribution in [1.82, 2.24) is 0 Å². The number of β-amino-alcohol motifs (C(OH)–C–C–N with tert-alkyl or cyclic N) is 1. The van der Waals surface area contributed by atoms with Gasteiger partial charge in [0.05, 0.1) is 12.3 Å². The summed E-state index contributed by atoms with van der Waals surface area (Å²) in [5, 5.41) is 21.2. The van der Waals surface area contributed by atoms with Crippen LogP contribution in [0.25, 0.3) is 0 Å². The van der Waals surface area contributed by atoms with Gasteiger partial charge in [-0.3, -0.25) is 0 Å². The second kappa shape index (κ2) is 5.08. The third-order valence-electron chi connectivity index (χ3n) is 3.07. The van der Waals surface area contributed by atoms with Crippen LogP contribution in [0.1, 0.15) is 12.0 Å². The normalized spacial score (nSPS) is 19.4. The van der Waals surface area contributed by atoms with E-state index in [1.54, 1.807) is 24.3 Å². The van der Waals surface area contributed by atoms with E-state index in [1.807, 2.05) is 0 Å². The predicted molar refractivity (Wildman–Crippen MR) is 63.7 cm³/mol. The lowest BCUT2D eigenvalue weighted by atomic mass is 9.99. The first kappa shape index (κ1) is 13.7. The third kappa shape index (κ3) is 2.81. The highest BCUT2D eigenvalue weighted by Gasteiger charge is 2.40. The topological polar surface area (TPSA) is 56.1 Å². The lowest BCUT2D eigenvalue weighted by Gasteiger charge is -2.33. The second-order valence-corrected chi connectivity index (χ2v) is 4.32. The fourth-order valence-corrected chi connectivity index (χ4v) is 2.10. The number of oxime groups is 1. The van der Waals surface area contributed by atoms with E-state index >= 15 is 0 Å². The predicted octanol–water partition coefficient (Wildman–Crippen LogP) is 2.00. The second-order valence-electron chi connectivity index (χ2n) is 4.32. The van der Waals surface area contributed by atoms with Gasteiger partial charge in [-0.15, -0.1) is 0 Å². The zero-order valence-corrected chi connectivity index (χ0v) is 9.93. The Bertz CT molecular complexity index is 488. The van der Waals surface area contributed by atoms with Gasteiger partial charge < -0.3 is 15.2 Å². The van der Waals surface area contributed by atoms with Gasteiger partial charge >= 0.3 is 6.18 Å². The van der Waals surface area contributed by atoms with Crippen molar-refractivity contribution in [2.45, 2.75) is 18.7 Å². The summed E-state index contributed by atoms with van der Waals surface area (Å²) in [6, 6.07) is 6.72. The summed E-state index contributed by atoms with van der Waals surface area (Å²) in [5.41, 5.74) is 1.56. The maximum Gasteiger partial charge on any atom is 0.416 e. The molecule has 1 atom stereocenters. The average Bonchev–Trinajstić information content (AvgIpc) is 2.38. The average molecular weight is 274 g/mol. The number of para-hydroxylation sites is 1. The van der Waals surface area contributed by atoms with Gasteiger partial charge in [0.15, 0.2) is 6.10 Å². The number of aliphatic hydroxyl groups excluding tert-OH is 1. The molecule has 1 aromatic rings. The number of nitrogens with zero attached hydrogens (tertiary/aromatic N) is 2. The smallest absolute Gasteiger partial charge is 0.411 e. The van der Waals surface area contributed by atoms with Crippen LogP contribution in [0.4, 0.5) is 18.9 Å². The van der Waals surface area contributed by atoms with E-state index in [1.165, 1.54) is 4.90 Å². The minimum Gasteiger partial charge on any atom is -0.411 e. The Balaban J connectivity index is 2.26. The molecule has 0 amide bonds.